The van der Waals surface area contributed by atoms with Crippen molar-refractivity contribution in [1.82, 2.24) is 24.6 Å². The summed E-state index contributed by atoms with van der Waals surface area (Å²) in [6, 6.07) is 14.9. The zero-order valence-electron chi connectivity index (χ0n) is 34.6. The van der Waals surface area contributed by atoms with E-state index in [0.29, 0.717) is 54.9 Å². The van der Waals surface area contributed by atoms with Gasteiger partial charge in [-0.15, -0.1) is 0 Å². The number of rotatable bonds is 11. The molecule has 0 spiro atoms. The number of fused-ring (bicyclic) bond motifs is 2. The molecule has 2 aromatic carbocycles. The Hall–Kier alpha value is -6.91. The summed E-state index contributed by atoms with van der Waals surface area (Å²) in [6.45, 7) is 2.80. The highest BCUT2D eigenvalue weighted by Gasteiger charge is 2.38. The fourth-order valence-electron chi connectivity index (χ4n) is 6.76. The van der Waals surface area contributed by atoms with Crippen LogP contribution in [0.2, 0.25) is 0 Å². The number of aromatic nitrogens is 2. The lowest BCUT2D eigenvalue weighted by molar-refractivity contribution is -0.608. The number of methoxy groups -OCH3 is 4. The number of carbonyl (C=O) groups excluding carboxylic acids is 5. The lowest BCUT2D eigenvalue weighted by Crippen LogP contribution is -2.45. The first kappa shape index (κ1) is 43.2. The molecule has 0 bridgehead atoms. The van der Waals surface area contributed by atoms with E-state index in [9.17, 15) is 29.2 Å². The molecule has 0 saturated heterocycles. The third-order valence-corrected chi connectivity index (χ3v) is 9.72. The number of ether oxygens (including phenoxy) is 5. The Morgan fingerprint density at radius 1 is 0.712 bits per heavy atom. The third-order valence-electron chi connectivity index (χ3n) is 9.72. The van der Waals surface area contributed by atoms with Crippen molar-refractivity contribution >= 4 is 29.6 Å². The molecule has 2 aliphatic heterocycles. The Morgan fingerprint density at radius 3 is 1.64 bits per heavy atom. The molecule has 312 valence electrons. The lowest BCUT2D eigenvalue weighted by Gasteiger charge is -2.31. The maximum Gasteiger partial charge on any atom is 0.319 e. The standard InChI is InChI=1S/C22H25N3O6.C20H23N3O5/c1-13(26)31-20-19(30-5)17-16(18(23-20)22(28)24(2)3)10-11-25(21(17)27)12-14-6-8-15(29-4)9-7-14;1-21(2)20(25)18-15-9-10-22(11-13-5-7-14(27-3)8-6-13)19(24)17(15)16(28-4)12-23(18)26/h6-9H,10-12H2,1-5H3;5-8,12H,9-11H2,1-4H3. The summed E-state index contributed by atoms with van der Waals surface area (Å²) in [5.41, 5.74) is 3.32. The molecule has 0 unspecified atom stereocenters. The smallest absolute Gasteiger partial charge is 0.319 e. The van der Waals surface area contributed by atoms with Crippen LogP contribution in [0, 0.1) is 5.21 Å². The molecule has 0 saturated carbocycles. The number of nitrogens with zero attached hydrogens (tertiary/aromatic N) is 6. The van der Waals surface area contributed by atoms with E-state index < -0.39 is 11.9 Å². The van der Waals surface area contributed by atoms with Gasteiger partial charge in [-0.05, 0) is 48.2 Å². The van der Waals surface area contributed by atoms with Crippen LogP contribution in [0.3, 0.4) is 0 Å². The molecule has 17 heteroatoms. The van der Waals surface area contributed by atoms with Crippen LogP contribution in [0.25, 0.3) is 0 Å². The molecular weight excluding hydrogens is 764 g/mol. The summed E-state index contributed by atoms with van der Waals surface area (Å²) in [6.07, 6.45) is 1.95. The predicted molar refractivity (Wildman–Crippen MR) is 213 cm³/mol. The summed E-state index contributed by atoms with van der Waals surface area (Å²) < 4.78 is 26.7. The second-order valence-electron chi connectivity index (χ2n) is 14.0. The second kappa shape index (κ2) is 18.6. The van der Waals surface area contributed by atoms with Crippen molar-refractivity contribution in [3.8, 4) is 28.9 Å². The molecule has 6 rings (SSSR count). The normalized spacial score (nSPS) is 13.0. The van der Waals surface area contributed by atoms with E-state index in [1.54, 1.807) is 52.2 Å². The molecule has 0 atom stereocenters. The highest BCUT2D eigenvalue weighted by atomic mass is 16.6. The second-order valence-corrected chi connectivity index (χ2v) is 14.0. The zero-order chi connectivity index (χ0) is 43.1. The van der Waals surface area contributed by atoms with Crippen molar-refractivity contribution in [2.75, 3.05) is 69.7 Å². The van der Waals surface area contributed by atoms with E-state index in [-0.39, 0.29) is 57.6 Å². The minimum absolute atomic E-state index is 0.0294. The van der Waals surface area contributed by atoms with Crippen LogP contribution < -0.4 is 28.4 Å². The van der Waals surface area contributed by atoms with Crippen LogP contribution >= 0.6 is 0 Å². The molecule has 0 radical (unpaired) electrons. The Bertz CT molecular complexity index is 2240. The molecule has 0 aliphatic carbocycles. The highest BCUT2D eigenvalue weighted by Crippen LogP contribution is 2.38. The van der Waals surface area contributed by atoms with Crippen LogP contribution in [0.1, 0.15) is 70.9 Å². The Balaban J connectivity index is 0.000000225. The summed E-state index contributed by atoms with van der Waals surface area (Å²) in [5, 5.41) is 12.4. The minimum atomic E-state index is -0.632. The predicted octanol–water partition coefficient (Wildman–Crippen LogP) is 3.16. The summed E-state index contributed by atoms with van der Waals surface area (Å²) >= 11 is 0. The van der Waals surface area contributed by atoms with Gasteiger partial charge in [0.25, 0.3) is 29.3 Å². The monoisotopic (exact) mass is 812 g/mol. The van der Waals surface area contributed by atoms with Crippen molar-refractivity contribution in [3.05, 3.63) is 105 Å². The van der Waals surface area contributed by atoms with Gasteiger partial charge in [-0.1, -0.05) is 24.3 Å². The highest BCUT2D eigenvalue weighted by molar-refractivity contribution is 6.05. The van der Waals surface area contributed by atoms with Gasteiger partial charge in [0.1, 0.15) is 17.2 Å². The largest absolute Gasteiger partial charge is 0.618 e. The molecular formula is C42H48N6O11. The Morgan fingerprint density at radius 2 is 1.20 bits per heavy atom. The van der Waals surface area contributed by atoms with Crippen LogP contribution in [-0.4, -0.2) is 124 Å². The van der Waals surface area contributed by atoms with Crippen LogP contribution in [-0.2, 0) is 30.7 Å². The van der Waals surface area contributed by atoms with Gasteiger partial charge >= 0.3 is 11.9 Å². The number of carbonyl (C=O) groups is 5. The number of hydrogen-bond acceptors (Lipinski definition) is 12. The fourth-order valence-corrected chi connectivity index (χ4v) is 6.76. The quantitative estimate of drug-likeness (QED) is 0.123. The molecule has 17 nitrogen and oxygen atoms in total. The number of esters is 1. The minimum Gasteiger partial charge on any atom is -0.618 e. The first-order valence-corrected chi connectivity index (χ1v) is 18.5. The van der Waals surface area contributed by atoms with Crippen molar-refractivity contribution in [2.45, 2.75) is 32.9 Å². The van der Waals surface area contributed by atoms with Gasteiger partial charge in [0.05, 0.1) is 39.6 Å². The number of pyridine rings is 2. The van der Waals surface area contributed by atoms with Crippen LogP contribution in [0.15, 0.2) is 54.7 Å². The van der Waals surface area contributed by atoms with Gasteiger partial charge in [0, 0.05) is 72.4 Å². The van der Waals surface area contributed by atoms with Gasteiger partial charge in [-0.3, -0.25) is 24.0 Å². The van der Waals surface area contributed by atoms with Gasteiger partial charge < -0.3 is 48.5 Å². The van der Waals surface area contributed by atoms with E-state index in [1.807, 2.05) is 48.5 Å². The topological polar surface area (TPSA) is 184 Å². The van der Waals surface area contributed by atoms with Gasteiger partial charge in [-0.2, -0.15) is 4.73 Å². The number of hydrogen-bond donors (Lipinski definition) is 0. The summed E-state index contributed by atoms with van der Waals surface area (Å²) in [5.74, 6) is -0.549. The van der Waals surface area contributed by atoms with E-state index in [1.165, 1.54) is 30.9 Å². The molecule has 59 heavy (non-hydrogen) atoms. The summed E-state index contributed by atoms with van der Waals surface area (Å²) in [4.78, 5) is 73.7. The Kier molecular flexibility index (Phi) is 13.6. The first-order valence-electron chi connectivity index (χ1n) is 18.5. The number of benzene rings is 2. The molecule has 0 fully saturated rings. The van der Waals surface area contributed by atoms with E-state index in [2.05, 4.69) is 4.98 Å². The average Bonchev–Trinajstić information content (AvgIpc) is 3.22. The van der Waals surface area contributed by atoms with Crippen LogP contribution in [0.5, 0.6) is 28.9 Å². The van der Waals surface area contributed by atoms with Gasteiger partial charge in [-0.25, -0.2) is 4.98 Å². The SMILES string of the molecule is COc1ccc(CN2CCc3c(C(=O)N(C)C)nc(OC(C)=O)c(OC)c3C2=O)cc1.COc1ccc(CN2CCc3c(c(OC)c[n+]([O-])c3C(=O)N(C)C)C2=O)cc1. The number of amides is 4. The van der Waals surface area contributed by atoms with Gasteiger partial charge in [0.15, 0.2) is 11.5 Å². The fraction of sp³-hybridized carbons (Fsp3) is 0.357. The van der Waals surface area contributed by atoms with Crippen molar-refractivity contribution < 1.29 is 52.4 Å². The first-order chi connectivity index (χ1) is 28.1. The van der Waals surface area contributed by atoms with Crippen LogP contribution in [0.4, 0.5) is 0 Å². The molecule has 2 aromatic heterocycles. The van der Waals surface area contributed by atoms with E-state index >= 15 is 0 Å². The van der Waals surface area contributed by atoms with E-state index in [0.717, 1.165) is 28.8 Å². The van der Waals surface area contributed by atoms with Crippen molar-refractivity contribution in [1.29, 1.82) is 0 Å². The lowest BCUT2D eigenvalue weighted by atomic mass is 9.95. The maximum absolute atomic E-state index is 13.4. The third kappa shape index (κ3) is 9.29. The van der Waals surface area contributed by atoms with Crippen molar-refractivity contribution in [3.63, 3.8) is 0 Å². The molecule has 4 amide bonds. The molecule has 2 aliphatic rings. The van der Waals surface area contributed by atoms with E-state index in [4.69, 9.17) is 23.7 Å². The summed E-state index contributed by atoms with van der Waals surface area (Å²) in [7, 11) is 12.3. The molecule has 4 heterocycles. The van der Waals surface area contributed by atoms with Crippen molar-refractivity contribution in [2.24, 2.45) is 0 Å². The maximum atomic E-state index is 13.4. The zero-order valence-corrected chi connectivity index (χ0v) is 34.6. The average molecular weight is 813 g/mol. The van der Waals surface area contributed by atoms with Gasteiger partial charge in [0.2, 0.25) is 6.20 Å². The molecule has 4 aromatic rings. The Labute approximate surface area is 342 Å². The molecule has 0 N–H and O–H groups in total.